The minimum atomic E-state index is -4.18. The van der Waals surface area contributed by atoms with Gasteiger partial charge >= 0.3 is 10.1 Å². The average Bonchev–Trinajstić information content (AvgIpc) is 2.81. The number of carbonyl (C=O) groups excluding carboxylic acids is 1. The molecule has 3 rings (SSSR count). The standard InChI is InChI=1S/C25H20Cl2N2O5S/c1-3-33-20-8-6-19(7-9-20)29-25(30)18(15-28)12-17-13-22(26)24(23(27)14-17)34-35(31,32)21-10-4-16(2)5-11-21/h4-14H,3H2,1-2H3,(H,29,30)/b18-12+. The van der Waals surface area contributed by atoms with E-state index < -0.39 is 16.0 Å². The van der Waals surface area contributed by atoms with Crippen molar-refractivity contribution in [3.8, 4) is 17.6 Å². The second kappa shape index (κ2) is 11.3. The molecule has 10 heteroatoms. The lowest BCUT2D eigenvalue weighted by Gasteiger charge is -2.11. The molecule has 0 aliphatic carbocycles. The Kier molecular flexibility index (Phi) is 8.41. The Bertz CT molecular complexity index is 1390. The van der Waals surface area contributed by atoms with Gasteiger partial charge in [0.25, 0.3) is 5.91 Å². The zero-order valence-electron chi connectivity index (χ0n) is 18.7. The molecule has 0 bridgehead atoms. The monoisotopic (exact) mass is 530 g/mol. The fourth-order valence-corrected chi connectivity index (χ4v) is 4.56. The molecule has 3 aromatic rings. The van der Waals surface area contributed by atoms with E-state index in [-0.39, 0.29) is 26.3 Å². The third-order valence-electron chi connectivity index (χ3n) is 4.62. The van der Waals surface area contributed by atoms with Crippen molar-refractivity contribution in [3.05, 3.63) is 87.4 Å². The number of aryl methyl sites for hydroxylation is 1. The maximum Gasteiger partial charge on any atom is 0.339 e. The van der Waals surface area contributed by atoms with Gasteiger partial charge in [-0.05, 0) is 74.0 Å². The lowest BCUT2D eigenvalue weighted by atomic mass is 10.1. The van der Waals surface area contributed by atoms with Crippen LogP contribution in [0.2, 0.25) is 10.0 Å². The van der Waals surface area contributed by atoms with Crippen molar-refractivity contribution in [1.29, 1.82) is 5.26 Å². The topological polar surface area (TPSA) is 105 Å². The van der Waals surface area contributed by atoms with Crippen molar-refractivity contribution in [1.82, 2.24) is 0 Å². The normalized spacial score (nSPS) is 11.5. The van der Waals surface area contributed by atoms with Crippen molar-refractivity contribution >= 4 is 51.0 Å². The van der Waals surface area contributed by atoms with Crippen LogP contribution in [-0.4, -0.2) is 20.9 Å². The number of amides is 1. The Hall–Kier alpha value is -3.51. The van der Waals surface area contributed by atoms with Crippen LogP contribution < -0.4 is 14.2 Å². The van der Waals surface area contributed by atoms with Crippen LogP contribution in [0.5, 0.6) is 11.5 Å². The summed E-state index contributed by atoms with van der Waals surface area (Å²) in [6, 6.07) is 17.3. The van der Waals surface area contributed by atoms with Gasteiger partial charge in [0.15, 0.2) is 5.75 Å². The van der Waals surface area contributed by atoms with Gasteiger partial charge in [0.1, 0.15) is 22.3 Å². The molecule has 0 saturated carbocycles. The molecule has 0 aromatic heterocycles. The second-order valence-electron chi connectivity index (χ2n) is 7.25. The first-order chi connectivity index (χ1) is 16.6. The lowest BCUT2D eigenvalue weighted by Crippen LogP contribution is -2.13. The predicted octanol–water partition coefficient (Wildman–Crippen LogP) is 6.01. The maximum absolute atomic E-state index is 12.6. The molecule has 0 heterocycles. The number of nitrogens with one attached hydrogen (secondary N) is 1. The van der Waals surface area contributed by atoms with E-state index in [0.29, 0.717) is 23.6 Å². The molecule has 0 radical (unpaired) electrons. The van der Waals surface area contributed by atoms with E-state index in [9.17, 15) is 18.5 Å². The number of nitrogens with zero attached hydrogens (tertiary/aromatic N) is 1. The zero-order chi connectivity index (χ0) is 25.6. The Labute approximate surface area is 213 Å². The zero-order valence-corrected chi connectivity index (χ0v) is 21.0. The van der Waals surface area contributed by atoms with Crippen molar-refractivity contribution in [2.45, 2.75) is 18.7 Å². The minimum Gasteiger partial charge on any atom is -0.494 e. The third kappa shape index (κ3) is 6.76. The molecule has 180 valence electrons. The van der Waals surface area contributed by atoms with Gasteiger partial charge in [-0.3, -0.25) is 4.79 Å². The highest BCUT2D eigenvalue weighted by molar-refractivity contribution is 7.87. The fraction of sp³-hybridized carbons (Fsp3) is 0.120. The number of benzene rings is 3. The molecule has 1 N–H and O–H groups in total. The highest BCUT2D eigenvalue weighted by Crippen LogP contribution is 2.37. The number of anilines is 1. The molecule has 3 aromatic carbocycles. The Balaban J connectivity index is 1.81. The van der Waals surface area contributed by atoms with Crippen LogP contribution in [0, 0.1) is 18.3 Å². The van der Waals surface area contributed by atoms with Crippen molar-refractivity contribution in [3.63, 3.8) is 0 Å². The number of halogens is 2. The molecular weight excluding hydrogens is 511 g/mol. The molecule has 0 spiro atoms. The van der Waals surface area contributed by atoms with Gasteiger partial charge in [-0.1, -0.05) is 40.9 Å². The largest absolute Gasteiger partial charge is 0.494 e. The number of ether oxygens (including phenoxy) is 1. The van der Waals surface area contributed by atoms with Gasteiger partial charge in [-0.15, -0.1) is 0 Å². The number of carbonyl (C=O) groups is 1. The van der Waals surface area contributed by atoms with Gasteiger partial charge in [-0.25, -0.2) is 0 Å². The van der Waals surface area contributed by atoms with E-state index in [1.165, 1.54) is 30.3 Å². The van der Waals surface area contributed by atoms with E-state index in [0.717, 1.165) is 5.56 Å². The molecule has 0 unspecified atom stereocenters. The molecule has 35 heavy (non-hydrogen) atoms. The van der Waals surface area contributed by atoms with Gasteiger partial charge in [-0.2, -0.15) is 13.7 Å². The van der Waals surface area contributed by atoms with E-state index in [1.54, 1.807) is 36.4 Å². The summed E-state index contributed by atoms with van der Waals surface area (Å²) in [5.41, 5.74) is 1.45. The van der Waals surface area contributed by atoms with Crippen molar-refractivity contribution in [2.24, 2.45) is 0 Å². The first-order valence-electron chi connectivity index (χ1n) is 10.3. The summed E-state index contributed by atoms with van der Waals surface area (Å²) in [5.74, 6) is -0.257. The minimum absolute atomic E-state index is 0.0584. The van der Waals surface area contributed by atoms with Gasteiger partial charge < -0.3 is 14.2 Å². The third-order valence-corrected chi connectivity index (χ3v) is 6.42. The highest BCUT2D eigenvalue weighted by atomic mass is 35.5. The summed E-state index contributed by atoms with van der Waals surface area (Å²) in [5, 5.41) is 11.9. The molecule has 0 saturated heterocycles. The maximum atomic E-state index is 12.6. The van der Waals surface area contributed by atoms with Crippen molar-refractivity contribution < 1.29 is 22.1 Å². The number of nitriles is 1. The lowest BCUT2D eigenvalue weighted by molar-refractivity contribution is -0.112. The summed E-state index contributed by atoms with van der Waals surface area (Å²) < 4.78 is 35.7. The SMILES string of the molecule is CCOc1ccc(NC(=O)/C(C#N)=C/c2cc(Cl)c(OS(=O)(=O)c3ccc(C)cc3)c(Cl)c2)cc1. The average molecular weight is 531 g/mol. The van der Waals surface area contributed by atoms with Gasteiger partial charge in [0, 0.05) is 5.69 Å². The van der Waals surface area contributed by atoms with Crippen molar-refractivity contribution in [2.75, 3.05) is 11.9 Å². The summed E-state index contributed by atoms with van der Waals surface area (Å²) in [6.45, 7) is 4.20. The van der Waals surface area contributed by atoms with E-state index in [4.69, 9.17) is 32.1 Å². The Morgan fingerprint density at radius 1 is 1.06 bits per heavy atom. The van der Waals surface area contributed by atoms with E-state index in [1.807, 2.05) is 19.9 Å². The van der Waals surface area contributed by atoms with Crippen LogP contribution in [0.3, 0.4) is 0 Å². The molecule has 1 amide bonds. The van der Waals surface area contributed by atoms with Crippen LogP contribution in [0.25, 0.3) is 6.08 Å². The van der Waals surface area contributed by atoms with Crippen LogP contribution in [0.1, 0.15) is 18.1 Å². The highest BCUT2D eigenvalue weighted by Gasteiger charge is 2.21. The summed E-state index contributed by atoms with van der Waals surface area (Å²) in [4.78, 5) is 12.5. The molecular formula is C25H20Cl2N2O5S. The molecule has 0 atom stereocenters. The quantitative estimate of drug-likeness (QED) is 0.217. The second-order valence-corrected chi connectivity index (χ2v) is 9.61. The van der Waals surface area contributed by atoms with E-state index in [2.05, 4.69) is 5.32 Å². The summed E-state index contributed by atoms with van der Waals surface area (Å²) >= 11 is 12.5. The van der Waals surface area contributed by atoms with Crippen LogP contribution in [0.4, 0.5) is 5.69 Å². The fourth-order valence-electron chi connectivity index (χ4n) is 2.92. The molecule has 0 aliphatic heterocycles. The molecule has 0 fully saturated rings. The number of hydrogen-bond donors (Lipinski definition) is 1. The number of hydrogen-bond acceptors (Lipinski definition) is 6. The van der Waals surface area contributed by atoms with Gasteiger partial charge in [0.2, 0.25) is 0 Å². The molecule has 0 aliphatic rings. The summed E-state index contributed by atoms with van der Waals surface area (Å²) in [7, 11) is -4.18. The number of rotatable bonds is 8. The Morgan fingerprint density at radius 2 is 1.66 bits per heavy atom. The van der Waals surface area contributed by atoms with Crippen LogP contribution in [0.15, 0.2) is 71.1 Å². The smallest absolute Gasteiger partial charge is 0.339 e. The first-order valence-corrected chi connectivity index (χ1v) is 12.5. The van der Waals surface area contributed by atoms with E-state index >= 15 is 0 Å². The predicted molar refractivity (Wildman–Crippen MR) is 135 cm³/mol. The van der Waals surface area contributed by atoms with Crippen LogP contribution in [-0.2, 0) is 14.9 Å². The first kappa shape index (κ1) is 26.1. The van der Waals surface area contributed by atoms with Gasteiger partial charge in [0.05, 0.1) is 16.7 Å². The molecule has 7 nitrogen and oxygen atoms in total. The summed E-state index contributed by atoms with van der Waals surface area (Å²) in [6.07, 6.45) is 1.28. The Morgan fingerprint density at radius 3 is 2.20 bits per heavy atom. The van der Waals surface area contributed by atoms with Crippen LogP contribution >= 0.6 is 23.2 Å².